The maximum absolute atomic E-state index is 11.7. The predicted molar refractivity (Wildman–Crippen MR) is 79.6 cm³/mol. The first-order chi connectivity index (χ1) is 8.55. The molecule has 0 atom stereocenters. The van der Waals surface area contributed by atoms with Gasteiger partial charge in [-0.05, 0) is 34.4 Å². The fourth-order valence-electron chi connectivity index (χ4n) is 2.19. The molecular formula is C15H25NaO3S. The average Bonchev–Trinajstić information content (AvgIpc) is 2.25. The van der Waals surface area contributed by atoms with Crippen LogP contribution in [0.3, 0.4) is 0 Å². The Morgan fingerprint density at radius 2 is 1.25 bits per heavy atom. The Balaban J connectivity index is 0. The fraction of sp³-hybridized carbons (Fsp3) is 0.600. The molecule has 0 saturated heterocycles. The molecule has 5 heteroatoms. The van der Waals surface area contributed by atoms with Crippen molar-refractivity contribution in [2.24, 2.45) is 0 Å². The van der Waals surface area contributed by atoms with E-state index in [0.29, 0.717) is 17.0 Å². The summed E-state index contributed by atoms with van der Waals surface area (Å²) in [7, 11) is -4.20. The SMILES string of the molecule is CC(C)c1cc(C(C)C)c(S(=O)(=O)O)c(C(C)C)c1.[H-].[Na+]. The molecule has 0 fully saturated rings. The van der Waals surface area contributed by atoms with E-state index in [1.54, 1.807) is 0 Å². The Hall–Kier alpha value is 0.130. The third-order valence-electron chi connectivity index (χ3n) is 3.34. The van der Waals surface area contributed by atoms with E-state index in [0.717, 1.165) is 5.56 Å². The third-order valence-corrected chi connectivity index (χ3v) is 4.32. The summed E-state index contributed by atoms with van der Waals surface area (Å²) in [5, 5.41) is 0. The second-order valence-corrected chi connectivity index (χ2v) is 7.33. The van der Waals surface area contributed by atoms with E-state index in [-0.39, 0.29) is 47.7 Å². The molecule has 1 aromatic carbocycles. The summed E-state index contributed by atoms with van der Waals surface area (Å²) in [5.41, 5.74) is 2.52. The molecule has 0 saturated carbocycles. The van der Waals surface area contributed by atoms with E-state index < -0.39 is 10.1 Å². The largest absolute Gasteiger partial charge is 1.00 e. The standard InChI is InChI=1S/C15H24O3S.Na.H/c1-9(2)12-7-13(10(3)4)15(19(16,17)18)14(8-12)11(5)6;;/h7-11H,1-6H3,(H,16,17,18);;/q;+1;-1. The summed E-state index contributed by atoms with van der Waals surface area (Å²) in [4.78, 5) is 0.0990. The van der Waals surface area contributed by atoms with E-state index in [1.165, 1.54) is 0 Å². The van der Waals surface area contributed by atoms with Gasteiger partial charge in [0.2, 0.25) is 0 Å². The van der Waals surface area contributed by atoms with Crippen LogP contribution in [0.5, 0.6) is 0 Å². The minimum absolute atomic E-state index is 0. The van der Waals surface area contributed by atoms with Gasteiger partial charge in [0.1, 0.15) is 4.90 Å². The number of rotatable bonds is 4. The van der Waals surface area contributed by atoms with Crippen molar-refractivity contribution >= 4 is 10.1 Å². The Bertz CT molecular complexity index is 537. The quantitative estimate of drug-likeness (QED) is 0.676. The van der Waals surface area contributed by atoms with Crippen molar-refractivity contribution in [1.29, 1.82) is 0 Å². The molecule has 0 heterocycles. The van der Waals surface area contributed by atoms with Gasteiger partial charge in [0, 0.05) is 0 Å². The van der Waals surface area contributed by atoms with Crippen LogP contribution in [0.15, 0.2) is 17.0 Å². The number of benzene rings is 1. The molecule has 1 N–H and O–H groups in total. The third kappa shape index (κ3) is 4.57. The summed E-state index contributed by atoms with van der Waals surface area (Å²) in [6, 6.07) is 3.81. The second-order valence-electron chi connectivity index (χ2n) is 5.97. The molecule has 0 aromatic heterocycles. The van der Waals surface area contributed by atoms with Gasteiger partial charge in [-0.2, -0.15) is 8.42 Å². The van der Waals surface area contributed by atoms with Crippen molar-refractivity contribution in [3.8, 4) is 0 Å². The van der Waals surface area contributed by atoms with Gasteiger partial charge in [-0.25, -0.2) is 0 Å². The van der Waals surface area contributed by atoms with Crippen LogP contribution in [0.4, 0.5) is 0 Å². The smallest absolute Gasteiger partial charge is 1.00 e. The van der Waals surface area contributed by atoms with Crippen LogP contribution in [-0.2, 0) is 10.1 Å². The molecule has 0 spiro atoms. The van der Waals surface area contributed by atoms with Crippen LogP contribution >= 0.6 is 0 Å². The van der Waals surface area contributed by atoms with Gasteiger partial charge in [-0.15, -0.1) is 0 Å². The molecule has 0 aliphatic heterocycles. The molecule has 0 bridgehead atoms. The van der Waals surface area contributed by atoms with Crippen LogP contribution in [0.25, 0.3) is 0 Å². The zero-order valence-electron chi connectivity index (χ0n) is 14.6. The zero-order valence-corrected chi connectivity index (χ0v) is 16.4. The summed E-state index contributed by atoms with van der Waals surface area (Å²) in [6.07, 6.45) is 0. The maximum atomic E-state index is 11.7. The van der Waals surface area contributed by atoms with E-state index in [9.17, 15) is 13.0 Å². The van der Waals surface area contributed by atoms with Crippen molar-refractivity contribution in [2.45, 2.75) is 64.2 Å². The van der Waals surface area contributed by atoms with Gasteiger partial charge in [0.15, 0.2) is 0 Å². The number of hydrogen-bond donors (Lipinski definition) is 1. The van der Waals surface area contributed by atoms with Crippen LogP contribution in [0.1, 0.15) is 77.4 Å². The van der Waals surface area contributed by atoms with Gasteiger partial charge in [-0.1, -0.05) is 53.7 Å². The van der Waals surface area contributed by atoms with Crippen molar-refractivity contribution < 1.29 is 44.0 Å². The summed E-state index contributed by atoms with van der Waals surface area (Å²) < 4.78 is 33.0. The molecular weight excluding hydrogens is 283 g/mol. The molecule has 0 amide bonds. The molecule has 0 aliphatic carbocycles. The zero-order chi connectivity index (χ0) is 15.0. The van der Waals surface area contributed by atoms with Crippen LogP contribution in [0, 0.1) is 0 Å². The van der Waals surface area contributed by atoms with Crippen LogP contribution in [-0.4, -0.2) is 13.0 Å². The van der Waals surface area contributed by atoms with Crippen LogP contribution in [0.2, 0.25) is 0 Å². The topological polar surface area (TPSA) is 54.4 Å². The van der Waals surface area contributed by atoms with E-state index in [4.69, 9.17) is 0 Å². The van der Waals surface area contributed by atoms with Crippen molar-refractivity contribution in [3.05, 3.63) is 28.8 Å². The molecule has 0 aliphatic rings. The first kappa shape index (κ1) is 20.1. The fourth-order valence-corrected chi connectivity index (χ4v) is 3.37. The Morgan fingerprint density at radius 3 is 1.45 bits per heavy atom. The van der Waals surface area contributed by atoms with Crippen molar-refractivity contribution in [2.75, 3.05) is 0 Å². The van der Waals surface area contributed by atoms with Gasteiger partial charge in [-0.3, -0.25) is 4.55 Å². The first-order valence-corrected chi connectivity index (χ1v) is 8.14. The monoisotopic (exact) mass is 308 g/mol. The molecule has 0 unspecified atom stereocenters. The molecule has 1 aromatic rings. The molecule has 110 valence electrons. The van der Waals surface area contributed by atoms with Gasteiger partial charge in [0.25, 0.3) is 10.1 Å². The summed E-state index contributed by atoms with van der Waals surface area (Å²) >= 11 is 0. The van der Waals surface area contributed by atoms with Crippen molar-refractivity contribution in [3.63, 3.8) is 0 Å². The summed E-state index contributed by atoms with van der Waals surface area (Å²) in [6.45, 7) is 11.9. The minimum atomic E-state index is -4.20. The summed E-state index contributed by atoms with van der Waals surface area (Å²) in [5.74, 6) is 0.423. The van der Waals surface area contributed by atoms with Gasteiger partial charge < -0.3 is 1.43 Å². The maximum Gasteiger partial charge on any atom is 1.00 e. The molecule has 20 heavy (non-hydrogen) atoms. The van der Waals surface area contributed by atoms with E-state index in [2.05, 4.69) is 13.8 Å². The normalized spacial score (nSPS) is 12.1. The van der Waals surface area contributed by atoms with Gasteiger partial charge in [0.05, 0.1) is 0 Å². The second kappa shape index (κ2) is 7.41. The predicted octanol–water partition coefficient (Wildman–Crippen LogP) is 1.42. The minimum Gasteiger partial charge on any atom is -1.00 e. The molecule has 0 radical (unpaired) electrons. The van der Waals surface area contributed by atoms with E-state index >= 15 is 0 Å². The Morgan fingerprint density at radius 1 is 0.900 bits per heavy atom. The average molecular weight is 308 g/mol. The molecule has 3 nitrogen and oxygen atoms in total. The first-order valence-electron chi connectivity index (χ1n) is 6.70. The number of hydrogen-bond acceptors (Lipinski definition) is 2. The van der Waals surface area contributed by atoms with Gasteiger partial charge >= 0.3 is 29.6 Å². The van der Waals surface area contributed by atoms with Crippen LogP contribution < -0.4 is 29.6 Å². The Labute approximate surface area is 146 Å². The Kier molecular flexibility index (Phi) is 7.46. The van der Waals surface area contributed by atoms with Crippen molar-refractivity contribution in [1.82, 2.24) is 0 Å². The van der Waals surface area contributed by atoms with E-state index in [1.807, 2.05) is 39.8 Å². The molecule has 1 rings (SSSR count).